The van der Waals surface area contributed by atoms with Crippen LogP contribution in [0.5, 0.6) is 5.75 Å². The molecule has 0 spiro atoms. The van der Waals surface area contributed by atoms with Crippen molar-refractivity contribution in [3.8, 4) is 21.9 Å². The lowest BCUT2D eigenvalue weighted by Crippen LogP contribution is -2.44. The van der Waals surface area contributed by atoms with Gasteiger partial charge >= 0.3 is 6.18 Å². The second-order valence-corrected chi connectivity index (χ2v) is 11.5. The monoisotopic (exact) mass is 606 g/mol. The molecule has 0 saturated carbocycles. The molecule has 0 unspecified atom stereocenters. The van der Waals surface area contributed by atoms with Crippen molar-refractivity contribution < 1.29 is 22.7 Å². The molecule has 2 aromatic carbocycles. The molecule has 4 heterocycles. The molecule has 1 aliphatic rings. The lowest BCUT2D eigenvalue weighted by Gasteiger charge is -2.33. The van der Waals surface area contributed by atoms with Gasteiger partial charge in [-0.25, -0.2) is 9.97 Å². The van der Waals surface area contributed by atoms with Crippen molar-refractivity contribution in [2.75, 3.05) is 38.1 Å². The number of nitrogens with zero attached hydrogens (tertiary/aromatic N) is 5. The summed E-state index contributed by atoms with van der Waals surface area (Å²) in [5, 5.41) is 0.594. The van der Waals surface area contributed by atoms with Crippen LogP contribution in [-0.4, -0.2) is 58.6 Å². The molecule has 3 aromatic heterocycles. The molecular formula is C31H29F3N6O2S. The van der Waals surface area contributed by atoms with E-state index in [1.807, 2.05) is 30.5 Å². The number of halogens is 3. The van der Waals surface area contributed by atoms with E-state index < -0.39 is 23.8 Å². The highest BCUT2D eigenvalue weighted by atomic mass is 32.1. The smallest absolute Gasteiger partial charge is 0.416 e. The van der Waals surface area contributed by atoms with Crippen LogP contribution in [0.3, 0.4) is 0 Å². The standard InChI is InChI=1S/C31H29F3N6O2S/c1-19(22-5-3-4-6-23(22)31(32,33)34)42-26-17-28(43-29(26)30(35)41)40-18-37-24-15-20(7-8-25(24)40)21-9-10-36-27(16-21)39-13-11-38(2)12-14-39/h3-10,15-19H,11-14H2,1-2H3,(H2,35,41)/t19-/m1/s1. The van der Waals surface area contributed by atoms with E-state index in [4.69, 9.17) is 10.5 Å². The number of rotatable bonds is 7. The van der Waals surface area contributed by atoms with Crippen molar-refractivity contribution in [3.63, 3.8) is 0 Å². The topological polar surface area (TPSA) is 89.5 Å². The second kappa shape index (κ2) is 11.3. The van der Waals surface area contributed by atoms with Crippen molar-refractivity contribution in [1.29, 1.82) is 0 Å². The number of amides is 1. The Balaban J connectivity index is 1.29. The number of hydrogen-bond acceptors (Lipinski definition) is 7. The number of anilines is 1. The lowest BCUT2D eigenvalue weighted by atomic mass is 10.0. The predicted octanol–water partition coefficient (Wildman–Crippen LogP) is 6.16. The van der Waals surface area contributed by atoms with Crippen LogP contribution in [-0.2, 0) is 6.18 Å². The van der Waals surface area contributed by atoms with Gasteiger partial charge in [-0.15, -0.1) is 11.3 Å². The first-order valence-corrected chi connectivity index (χ1v) is 14.5. The second-order valence-electron chi connectivity index (χ2n) is 10.5. The molecule has 1 atom stereocenters. The molecule has 0 radical (unpaired) electrons. The van der Waals surface area contributed by atoms with Crippen molar-refractivity contribution in [3.05, 3.63) is 89.2 Å². The van der Waals surface area contributed by atoms with Crippen LogP contribution in [0.2, 0.25) is 0 Å². The number of primary amides is 1. The summed E-state index contributed by atoms with van der Waals surface area (Å²) in [4.78, 5) is 26.2. The number of ether oxygens (including phenoxy) is 1. The number of hydrogen-bond donors (Lipinski definition) is 1. The molecule has 5 aromatic rings. The first kappa shape index (κ1) is 28.7. The van der Waals surface area contributed by atoms with Crippen LogP contribution >= 0.6 is 11.3 Å². The van der Waals surface area contributed by atoms with Crippen molar-refractivity contribution in [2.24, 2.45) is 5.73 Å². The Bertz CT molecular complexity index is 1790. The summed E-state index contributed by atoms with van der Waals surface area (Å²) < 4.78 is 48.5. The highest BCUT2D eigenvalue weighted by molar-refractivity contribution is 7.16. The fraction of sp³-hybridized carbons (Fsp3) is 0.258. The molecule has 0 aliphatic carbocycles. The zero-order valence-electron chi connectivity index (χ0n) is 23.5. The Kier molecular flexibility index (Phi) is 7.57. The number of aromatic nitrogens is 3. The Hall–Kier alpha value is -4.42. The molecule has 0 bridgehead atoms. The number of thiophene rings is 1. The van der Waals surface area contributed by atoms with Gasteiger partial charge < -0.3 is 20.3 Å². The van der Waals surface area contributed by atoms with Gasteiger partial charge in [-0.2, -0.15) is 13.2 Å². The summed E-state index contributed by atoms with van der Waals surface area (Å²) in [5.74, 6) is 0.320. The predicted molar refractivity (Wildman–Crippen MR) is 161 cm³/mol. The molecule has 1 fully saturated rings. The van der Waals surface area contributed by atoms with Gasteiger partial charge in [-0.05, 0) is 55.4 Å². The average molecular weight is 607 g/mol. The summed E-state index contributed by atoms with van der Waals surface area (Å²) in [7, 11) is 2.12. The van der Waals surface area contributed by atoms with E-state index >= 15 is 0 Å². The van der Waals surface area contributed by atoms with E-state index in [1.165, 1.54) is 25.1 Å². The van der Waals surface area contributed by atoms with Crippen molar-refractivity contribution >= 4 is 34.1 Å². The average Bonchev–Trinajstić information content (AvgIpc) is 3.61. The molecule has 1 saturated heterocycles. The van der Waals surface area contributed by atoms with Crippen LogP contribution in [0.25, 0.3) is 27.2 Å². The van der Waals surface area contributed by atoms with Crippen LogP contribution in [0.15, 0.2) is 73.2 Å². The van der Waals surface area contributed by atoms with Crippen LogP contribution in [0.1, 0.15) is 33.8 Å². The summed E-state index contributed by atoms with van der Waals surface area (Å²) in [5.41, 5.74) is 8.35. The molecule has 1 amide bonds. The zero-order chi connectivity index (χ0) is 30.3. The maximum Gasteiger partial charge on any atom is 0.416 e. The molecule has 6 rings (SSSR count). The highest BCUT2D eigenvalue weighted by Gasteiger charge is 2.35. The molecule has 8 nitrogen and oxygen atoms in total. The number of carbonyl (C=O) groups is 1. The SMILES string of the molecule is C[C@@H](Oc1cc(-n2cnc3cc(-c4ccnc(N5CCN(C)CC5)c4)ccc32)sc1C(N)=O)c1ccccc1C(F)(F)F. The minimum atomic E-state index is -4.54. The minimum absolute atomic E-state index is 0.0364. The van der Waals surface area contributed by atoms with Gasteiger partial charge in [0.2, 0.25) is 0 Å². The van der Waals surface area contributed by atoms with E-state index in [9.17, 15) is 18.0 Å². The third-order valence-corrected chi connectivity index (χ3v) is 8.74. The fourth-order valence-electron chi connectivity index (χ4n) is 5.28. The molecule has 2 N–H and O–H groups in total. The van der Waals surface area contributed by atoms with Gasteiger partial charge in [-0.3, -0.25) is 9.36 Å². The number of imidazole rings is 1. The number of pyridine rings is 1. The summed E-state index contributed by atoms with van der Waals surface area (Å²) in [6.45, 7) is 5.33. The first-order valence-electron chi connectivity index (χ1n) is 13.7. The molecule has 43 heavy (non-hydrogen) atoms. The van der Waals surface area contributed by atoms with Gasteiger partial charge in [0.1, 0.15) is 33.9 Å². The van der Waals surface area contributed by atoms with Gasteiger partial charge in [0.05, 0.1) is 16.6 Å². The third-order valence-electron chi connectivity index (χ3n) is 7.61. The van der Waals surface area contributed by atoms with E-state index in [0.717, 1.165) is 71.6 Å². The molecular weight excluding hydrogens is 577 g/mol. The Morgan fingerprint density at radius 1 is 1.00 bits per heavy atom. The first-order chi connectivity index (χ1) is 20.6. The molecule has 1 aliphatic heterocycles. The van der Waals surface area contributed by atoms with E-state index in [1.54, 1.807) is 17.0 Å². The van der Waals surface area contributed by atoms with Gasteiger partial charge in [0.15, 0.2) is 0 Å². The van der Waals surface area contributed by atoms with E-state index in [2.05, 4.69) is 32.9 Å². The number of likely N-dealkylation sites (N-methyl/N-ethyl adjacent to an activating group) is 1. The van der Waals surface area contributed by atoms with Crippen molar-refractivity contribution in [1.82, 2.24) is 19.4 Å². The zero-order valence-corrected chi connectivity index (χ0v) is 24.3. The van der Waals surface area contributed by atoms with Crippen LogP contribution in [0, 0.1) is 0 Å². The van der Waals surface area contributed by atoms with Gasteiger partial charge in [0.25, 0.3) is 5.91 Å². The quantitative estimate of drug-likeness (QED) is 0.239. The van der Waals surface area contributed by atoms with Gasteiger partial charge in [-0.1, -0.05) is 24.3 Å². The van der Waals surface area contributed by atoms with Crippen LogP contribution < -0.4 is 15.4 Å². The highest BCUT2D eigenvalue weighted by Crippen LogP contribution is 2.39. The lowest BCUT2D eigenvalue weighted by molar-refractivity contribution is -0.139. The van der Waals surface area contributed by atoms with E-state index in [0.29, 0.717) is 5.00 Å². The summed E-state index contributed by atoms with van der Waals surface area (Å²) in [6, 6.07) is 16.8. The van der Waals surface area contributed by atoms with Crippen LogP contribution in [0.4, 0.5) is 19.0 Å². The van der Waals surface area contributed by atoms with E-state index in [-0.39, 0.29) is 16.2 Å². The fourth-order valence-corrected chi connectivity index (χ4v) is 6.21. The number of nitrogens with two attached hydrogens (primary N) is 1. The normalized spacial score (nSPS) is 15.1. The summed E-state index contributed by atoms with van der Waals surface area (Å²) >= 11 is 1.09. The Labute approximate surface area is 250 Å². The van der Waals surface area contributed by atoms with Gasteiger partial charge in [0, 0.05) is 44.0 Å². The number of piperazine rings is 1. The maximum atomic E-state index is 13.6. The Morgan fingerprint density at radius 3 is 2.49 bits per heavy atom. The summed E-state index contributed by atoms with van der Waals surface area (Å²) in [6.07, 6.45) is -2.08. The number of carbonyl (C=O) groups excluding carboxylic acids is 1. The maximum absolute atomic E-state index is 13.6. The number of benzene rings is 2. The third kappa shape index (κ3) is 5.80. The number of alkyl halides is 3. The largest absolute Gasteiger partial charge is 0.484 e. The minimum Gasteiger partial charge on any atom is -0.484 e. The number of fused-ring (bicyclic) bond motifs is 1. The Morgan fingerprint density at radius 2 is 1.74 bits per heavy atom. The van der Waals surface area contributed by atoms with Crippen molar-refractivity contribution in [2.45, 2.75) is 19.2 Å². The molecule has 222 valence electrons. The molecule has 12 heteroatoms.